The minimum absolute atomic E-state index is 0.0502. The molecule has 9 nitrogen and oxygen atoms in total. The molecule has 3 N–H and O–H groups in total. The van der Waals surface area contributed by atoms with Crippen molar-refractivity contribution in [1.29, 1.82) is 0 Å². The highest BCUT2D eigenvalue weighted by atomic mass is 16.4. The second-order valence-electron chi connectivity index (χ2n) is 9.39. The summed E-state index contributed by atoms with van der Waals surface area (Å²) in [6, 6.07) is 12.2. The van der Waals surface area contributed by atoms with E-state index < -0.39 is 23.9 Å². The zero-order valence-electron chi connectivity index (χ0n) is 20.1. The van der Waals surface area contributed by atoms with Crippen molar-refractivity contribution in [3.8, 4) is 11.4 Å². The molecule has 2 heterocycles. The molecule has 1 unspecified atom stereocenters. The number of fused-ring (bicyclic) bond motifs is 1. The van der Waals surface area contributed by atoms with Crippen LogP contribution in [-0.2, 0) is 11.2 Å². The quantitative estimate of drug-likeness (QED) is 0.312. The van der Waals surface area contributed by atoms with Crippen LogP contribution in [0.25, 0.3) is 22.4 Å². The van der Waals surface area contributed by atoms with Crippen LogP contribution < -0.4 is 5.32 Å². The third kappa shape index (κ3) is 5.11. The van der Waals surface area contributed by atoms with Crippen molar-refractivity contribution in [2.75, 3.05) is 0 Å². The van der Waals surface area contributed by atoms with Gasteiger partial charge in [-0.15, -0.1) is 0 Å². The van der Waals surface area contributed by atoms with Crippen LogP contribution in [0.15, 0.2) is 65.5 Å². The second kappa shape index (κ2) is 10.3. The lowest BCUT2D eigenvalue weighted by Gasteiger charge is -2.25. The molecule has 2 aromatic carbocycles. The lowest BCUT2D eigenvalue weighted by molar-refractivity contribution is -0.139. The molecule has 1 aliphatic rings. The number of carbonyl (C=O) groups is 3. The first-order valence-electron chi connectivity index (χ1n) is 12.3. The van der Waals surface area contributed by atoms with Crippen molar-refractivity contribution in [2.45, 2.75) is 50.6 Å². The summed E-state index contributed by atoms with van der Waals surface area (Å²) in [5, 5.41) is 21.5. The molecule has 0 aliphatic heterocycles. The fourth-order valence-corrected chi connectivity index (χ4v) is 5.05. The third-order valence-corrected chi connectivity index (χ3v) is 6.89. The van der Waals surface area contributed by atoms with Gasteiger partial charge < -0.3 is 24.5 Å². The number of aliphatic carboxylic acids is 1. The molecule has 1 amide bonds. The summed E-state index contributed by atoms with van der Waals surface area (Å²) in [7, 11) is 0. The monoisotopic (exact) mass is 501 g/mol. The molecule has 0 radical (unpaired) electrons. The first-order valence-corrected chi connectivity index (χ1v) is 12.3. The van der Waals surface area contributed by atoms with Gasteiger partial charge in [0.25, 0.3) is 5.91 Å². The van der Waals surface area contributed by atoms with Crippen molar-refractivity contribution in [2.24, 2.45) is 0 Å². The standard InChI is InChI=1S/C28H27N3O6/c32-26(30-23(28(35)36)14-17-5-4-6-19(13-17)27(33)34)18-9-10-24-22(15-18)29-25(20-11-12-37-16-20)31(24)21-7-2-1-3-8-21/h4-6,9-13,15-16,21,23H,1-3,7-8,14H2,(H,30,32)(H,33,34)(H,35,36). The number of carbonyl (C=O) groups excluding carboxylic acids is 1. The molecule has 5 rings (SSSR count). The van der Waals surface area contributed by atoms with Crippen LogP contribution in [0.5, 0.6) is 0 Å². The minimum atomic E-state index is -1.23. The van der Waals surface area contributed by atoms with Crippen LogP contribution >= 0.6 is 0 Å². The summed E-state index contributed by atoms with van der Waals surface area (Å²) >= 11 is 0. The smallest absolute Gasteiger partial charge is 0.335 e. The molecule has 1 saturated carbocycles. The molecule has 190 valence electrons. The first kappa shape index (κ1) is 24.3. The van der Waals surface area contributed by atoms with Crippen LogP contribution in [-0.4, -0.2) is 43.7 Å². The molecular formula is C28H27N3O6. The summed E-state index contributed by atoms with van der Waals surface area (Å²) < 4.78 is 7.53. The average Bonchev–Trinajstić information content (AvgIpc) is 3.56. The highest BCUT2D eigenvalue weighted by Gasteiger charge is 2.25. The fraction of sp³-hybridized carbons (Fsp3) is 0.286. The van der Waals surface area contributed by atoms with Gasteiger partial charge in [-0.1, -0.05) is 31.4 Å². The predicted molar refractivity (Wildman–Crippen MR) is 136 cm³/mol. The largest absolute Gasteiger partial charge is 0.480 e. The first-order chi connectivity index (χ1) is 17.9. The number of carboxylic acid groups (broad SMARTS) is 2. The molecule has 1 aliphatic carbocycles. The van der Waals surface area contributed by atoms with Gasteiger partial charge in [-0.25, -0.2) is 14.6 Å². The Bertz CT molecular complexity index is 1450. The van der Waals surface area contributed by atoms with Gasteiger partial charge in [-0.2, -0.15) is 0 Å². The average molecular weight is 502 g/mol. The van der Waals surface area contributed by atoms with Crippen molar-refractivity contribution in [3.05, 3.63) is 77.7 Å². The number of nitrogens with zero attached hydrogens (tertiary/aromatic N) is 2. The van der Waals surface area contributed by atoms with Gasteiger partial charge >= 0.3 is 11.9 Å². The fourth-order valence-electron chi connectivity index (χ4n) is 5.05. The maximum Gasteiger partial charge on any atom is 0.335 e. The SMILES string of the molecule is O=C(O)c1cccc(CC(NC(=O)c2ccc3c(c2)nc(-c2ccoc2)n3C2CCCCC2)C(=O)O)c1. The van der Waals surface area contributed by atoms with Gasteiger partial charge in [-0.3, -0.25) is 4.79 Å². The van der Waals surface area contributed by atoms with Gasteiger partial charge in [0.2, 0.25) is 0 Å². The van der Waals surface area contributed by atoms with E-state index >= 15 is 0 Å². The number of amides is 1. The van der Waals surface area contributed by atoms with Crippen molar-refractivity contribution < 1.29 is 29.0 Å². The Morgan fingerprint density at radius 3 is 2.54 bits per heavy atom. The highest BCUT2D eigenvalue weighted by Crippen LogP contribution is 2.36. The Morgan fingerprint density at radius 1 is 1.03 bits per heavy atom. The van der Waals surface area contributed by atoms with E-state index in [0.29, 0.717) is 22.7 Å². The van der Waals surface area contributed by atoms with Gasteiger partial charge in [0, 0.05) is 18.0 Å². The van der Waals surface area contributed by atoms with Gasteiger partial charge in [0.15, 0.2) is 0 Å². The summed E-state index contributed by atoms with van der Waals surface area (Å²) in [5.41, 5.74) is 3.28. The summed E-state index contributed by atoms with van der Waals surface area (Å²) in [5.74, 6) is -2.07. The molecule has 1 atom stereocenters. The van der Waals surface area contributed by atoms with Crippen molar-refractivity contribution in [3.63, 3.8) is 0 Å². The van der Waals surface area contributed by atoms with E-state index in [9.17, 15) is 24.6 Å². The van der Waals surface area contributed by atoms with Crippen LogP contribution in [0.1, 0.15) is 64.4 Å². The van der Waals surface area contributed by atoms with Gasteiger partial charge in [-0.05, 0) is 54.8 Å². The number of rotatable bonds is 8. The van der Waals surface area contributed by atoms with E-state index in [0.717, 1.165) is 42.6 Å². The number of nitrogens with one attached hydrogen (secondary N) is 1. The summed E-state index contributed by atoms with van der Waals surface area (Å²) in [6.07, 6.45) is 8.86. The number of aromatic carboxylic acids is 1. The minimum Gasteiger partial charge on any atom is -0.480 e. The second-order valence-corrected chi connectivity index (χ2v) is 9.39. The zero-order valence-corrected chi connectivity index (χ0v) is 20.1. The number of aromatic nitrogens is 2. The lowest BCUT2D eigenvalue weighted by Crippen LogP contribution is -2.42. The molecule has 0 saturated heterocycles. The molecule has 37 heavy (non-hydrogen) atoms. The van der Waals surface area contributed by atoms with E-state index in [1.54, 1.807) is 36.8 Å². The van der Waals surface area contributed by atoms with Crippen molar-refractivity contribution >= 4 is 28.9 Å². The van der Waals surface area contributed by atoms with E-state index in [4.69, 9.17) is 9.40 Å². The molecular weight excluding hydrogens is 474 g/mol. The number of benzene rings is 2. The maximum atomic E-state index is 13.1. The Labute approximate surface area is 212 Å². The molecule has 1 fully saturated rings. The van der Waals surface area contributed by atoms with Crippen LogP contribution in [0.4, 0.5) is 0 Å². The Kier molecular flexibility index (Phi) is 6.76. The number of hydrogen-bond acceptors (Lipinski definition) is 5. The Balaban J connectivity index is 1.42. The third-order valence-electron chi connectivity index (χ3n) is 6.89. The number of carboxylic acids is 2. The number of hydrogen-bond donors (Lipinski definition) is 3. The van der Waals surface area contributed by atoms with Gasteiger partial charge in [0.1, 0.15) is 18.1 Å². The van der Waals surface area contributed by atoms with Crippen LogP contribution in [0.2, 0.25) is 0 Å². The molecule has 4 aromatic rings. The zero-order chi connectivity index (χ0) is 25.9. The van der Waals surface area contributed by atoms with Crippen LogP contribution in [0, 0.1) is 0 Å². The van der Waals surface area contributed by atoms with E-state index in [1.807, 2.05) is 12.1 Å². The molecule has 0 bridgehead atoms. The Morgan fingerprint density at radius 2 is 1.84 bits per heavy atom. The summed E-state index contributed by atoms with van der Waals surface area (Å²) in [6.45, 7) is 0. The van der Waals surface area contributed by atoms with Crippen molar-refractivity contribution in [1.82, 2.24) is 14.9 Å². The van der Waals surface area contributed by atoms with Crippen LogP contribution in [0.3, 0.4) is 0 Å². The van der Waals surface area contributed by atoms with E-state index in [1.165, 1.54) is 18.6 Å². The predicted octanol–water partition coefficient (Wildman–Crippen LogP) is 4.93. The molecule has 0 spiro atoms. The van der Waals surface area contributed by atoms with E-state index in [2.05, 4.69) is 9.88 Å². The molecule has 2 aromatic heterocycles. The Hall–Kier alpha value is -4.40. The maximum absolute atomic E-state index is 13.1. The topological polar surface area (TPSA) is 135 Å². The lowest BCUT2D eigenvalue weighted by atomic mass is 9.95. The van der Waals surface area contributed by atoms with E-state index in [-0.39, 0.29) is 12.0 Å². The number of imidazole rings is 1. The highest BCUT2D eigenvalue weighted by molar-refractivity contribution is 5.99. The normalized spacial score (nSPS) is 14.9. The number of furan rings is 1. The summed E-state index contributed by atoms with van der Waals surface area (Å²) in [4.78, 5) is 41.1. The van der Waals surface area contributed by atoms with Gasteiger partial charge in [0.05, 0.1) is 28.4 Å². The molecule has 9 heteroatoms.